The fourth-order valence-electron chi connectivity index (χ4n) is 3.08. The SMILES string of the molecule is C=CCn1c(SCC(=O)Nc2cc(C(=O)OC)ccc2C(=O)OC)nnc1-c1csc(CC)c1. The predicted molar refractivity (Wildman–Crippen MR) is 131 cm³/mol. The number of amides is 1. The number of methoxy groups -OCH3 is 2. The van der Waals surface area contributed by atoms with Gasteiger partial charge < -0.3 is 14.8 Å². The Morgan fingerprint density at radius 3 is 2.59 bits per heavy atom. The van der Waals surface area contributed by atoms with Crippen LogP contribution in [0.2, 0.25) is 0 Å². The summed E-state index contributed by atoms with van der Waals surface area (Å²) in [5, 5.41) is 13.8. The second-order valence-electron chi connectivity index (χ2n) is 6.94. The number of thioether (sulfide) groups is 1. The maximum Gasteiger partial charge on any atom is 0.339 e. The molecule has 9 nitrogen and oxygen atoms in total. The molecule has 34 heavy (non-hydrogen) atoms. The van der Waals surface area contributed by atoms with Crippen molar-refractivity contribution in [2.75, 3.05) is 25.3 Å². The lowest BCUT2D eigenvalue weighted by atomic mass is 10.1. The summed E-state index contributed by atoms with van der Waals surface area (Å²) in [5.41, 5.74) is 1.43. The van der Waals surface area contributed by atoms with Gasteiger partial charge in [-0.05, 0) is 30.7 Å². The number of anilines is 1. The minimum atomic E-state index is -0.642. The lowest BCUT2D eigenvalue weighted by Crippen LogP contribution is -2.18. The number of aryl methyl sites for hydroxylation is 1. The average Bonchev–Trinajstić information content (AvgIpc) is 3.48. The number of nitrogens with one attached hydrogen (secondary N) is 1. The van der Waals surface area contributed by atoms with Crippen molar-refractivity contribution >= 4 is 46.6 Å². The Balaban J connectivity index is 1.78. The van der Waals surface area contributed by atoms with Crippen molar-refractivity contribution in [2.24, 2.45) is 0 Å². The highest BCUT2D eigenvalue weighted by molar-refractivity contribution is 7.99. The third kappa shape index (κ3) is 5.72. The molecule has 0 saturated carbocycles. The number of carbonyl (C=O) groups excluding carboxylic acids is 3. The van der Waals surface area contributed by atoms with E-state index in [1.165, 1.54) is 49.1 Å². The van der Waals surface area contributed by atoms with Crippen LogP contribution in [0.3, 0.4) is 0 Å². The second kappa shape index (κ2) is 11.6. The first-order chi connectivity index (χ1) is 16.4. The molecular weight excluding hydrogens is 476 g/mol. The molecule has 0 aliphatic heterocycles. The van der Waals surface area contributed by atoms with Gasteiger partial charge in [0.1, 0.15) is 0 Å². The minimum Gasteiger partial charge on any atom is -0.465 e. The quantitative estimate of drug-likeness (QED) is 0.252. The smallest absolute Gasteiger partial charge is 0.339 e. The summed E-state index contributed by atoms with van der Waals surface area (Å²) >= 11 is 2.86. The summed E-state index contributed by atoms with van der Waals surface area (Å²) in [7, 11) is 2.48. The highest BCUT2D eigenvalue weighted by Gasteiger charge is 2.19. The van der Waals surface area contributed by atoms with Crippen LogP contribution < -0.4 is 5.32 Å². The van der Waals surface area contributed by atoms with Crippen molar-refractivity contribution in [3.8, 4) is 11.4 Å². The first-order valence-corrected chi connectivity index (χ1v) is 12.1. The molecule has 178 valence electrons. The van der Waals surface area contributed by atoms with Crippen molar-refractivity contribution < 1.29 is 23.9 Å². The molecule has 0 aliphatic rings. The van der Waals surface area contributed by atoms with E-state index in [-0.39, 0.29) is 22.6 Å². The highest BCUT2D eigenvalue weighted by Crippen LogP contribution is 2.28. The molecule has 1 amide bonds. The van der Waals surface area contributed by atoms with Gasteiger partial charge >= 0.3 is 11.9 Å². The van der Waals surface area contributed by atoms with Crippen LogP contribution in [-0.2, 0) is 27.2 Å². The molecule has 0 bridgehead atoms. The summed E-state index contributed by atoms with van der Waals surface area (Å²) < 4.78 is 11.4. The van der Waals surface area contributed by atoms with E-state index in [9.17, 15) is 14.4 Å². The molecule has 0 unspecified atom stereocenters. The highest BCUT2D eigenvalue weighted by atomic mass is 32.2. The zero-order valence-electron chi connectivity index (χ0n) is 19.0. The van der Waals surface area contributed by atoms with Gasteiger partial charge in [-0.1, -0.05) is 24.8 Å². The minimum absolute atomic E-state index is 0.00217. The molecule has 0 saturated heterocycles. The average molecular weight is 501 g/mol. The molecule has 3 rings (SSSR count). The Bertz CT molecular complexity index is 1220. The topological polar surface area (TPSA) is 112 Å². The number of hydrogen-bond acceptors (Lipinski definition) is 9. The number of aromatic nitrogens is 3. The first kappa shape index (κ1) is 25.2. The van der Waals surface area contributed by atoms with Crippen molar-refractivity contribution in [3.63, 3.8) is 0 Å². The van der Waals surface area contributed by atoms with Crippen LogP contribution in [0.1, 0.15) is 32.5 Å². The Hall–Kier alpha value is -3.44. The largest absolute Gasteiger partial charge is 0.465 e. The van der Waals surface area contributed by atoms with Crippen molar-refractivity contribution in [2.45, 2.75) is 25.0 Å². The number of rotatable bonds is 10. The maximum atomic E-state index is 12.7. The van der Waals surface area contributed by atoms with Crippen LogP contribution in [0.5, 0.6) is 0 Å². The van der Waals surface area contributed by atoms with Gasteiger partial charge in [0.15, 0.2) is 11.0 Å². The zero-order valence-corrected chi connectivity index (χ0v) is 20.6. The van der Waals surface area contributed by atoms with E-state index < -0.39 is 17.8 Å². The fourth-order valence-corrected chi connectivity index (χ4v) is 4.64. The van der Waals surface area contributed by atoms with E-state index in [2.05, 4.69) is 35.1 Å². The summed E-state index contributed by atoms with van der Waals surface area (Å²) in [6, 6.07) is 6.29. The first-order valence-electron chi connectivity index (χ1n) is 10.3. The summed E-state index contributed by atoms with van der Waals surface area (Å²) in [5.74, 6) is -0.918. The number of benzene rings is 1. The molecule has 0 spiro atoms. The fraction of sp³-hybridized carbons (Fsp3) is 0.261. The van der Waals surface area contributed by atoms with E-state index in [1.54, 1.807) is 17.4 Å². The zero-order chi connectivity index (χ0) is 24.7. The number of hydrogen-bond donors (Lipinski definition) is 1. The number of esters is 2. The Morgan fingerprint density at radius 1 is 1.18 bits per heavy atom. The van der Waals surface area contributed by atoms with E-state index in [0.29, 0.717) is 17.5 Å². The lowest BCUT2D eigenvalue weighted by molar-refractivity contribution is -0.113. The molecule has 1 aromatic carbocycles. The number of nitrogens with zero attached hydrogens (tertiary/aromatic N) is 3. The monoisotopic (exact) mass is 500 g/mol. The molecular formula is C23H24N4O5S2. The van der Waals surface area contributed by atoms with Gasteiger partial charge in [0.05, 0.1) is 36.8 Å². The van der Waals surface area contributed by atoms with Crippen LogP contribution in [-0.4, -0.2) is 52.6 Å². The van der Waals surface area contributed by atoms with Crippen molar-refractivity contribution in [1.29, 1.82) is 0 Å². The number of ether oxygens (including phenoxy) is 2. The Morgan fingerprint density at radius 2 is 1.94 bits per heavy atom. The van der Waals surface area contributed by atoms with Crippen LogP contribution in [0.15, 0.2) is 47.5 Å². The molecule has 0 aliphatic carbocycles. The standard InChI is InChI=1S/C23H24N4O5S2/c1-5-9-27-20(15-10-16(6-2)33-12-15)25-26-23(27)34-13-19(28)24-18-11-14(21(29)31-3)7-8-17(18)22(30)32-4/h5,7-8,10-12H,1,6,9,13H2,2-4H3,(H,24,28). The number of allylic oxidation sites excluding steroid dienone is 1. The molecule has 2 heterocycles. The predicted octanol–water partition coefficient (Wildman–Crippen LogP) is 4.06. The van der Waals surface area contributed by atoms with Crippen LogP contribution in [0, 0.1) is 0 Å². The summed E-state index contributed by atoms with van der Waals surface area (Å²) in [6.45, 7) is 6.38. The Labute approximate surface area is 205 Å². The lowest BCUT2D eigenvalue weighted by Gasteiger charge is -2.11. The van der Waals surface area contributed by atoms with Crippen molar-refractivity contribution in [1.82, 2.24) is 14.8 Å². The second-order valence-corrected chi connectivity index (χ2v) is 8.88. The Kier molecular flexibility index (Phi) is 8.61. The van der Waals surface area contributed by atoms with E-state index in [4.69, 9.17) is 9.47 Å². The van der Waals surface area contributed by atoms with E-state index in [0.717, 1.165) is 12.0 Å². The molecule has 2 aromatic heterocycles. The van der Waals surface area contributed by atoms with Crippen LogP contribution >= 0.6 is 23.1 Å². The van der Waals surface area contributed by atoms with E-state index >= 15 is 0 Å². The third-order valence-corrected chi connectivity index (χ3v) is 6.79. The summed E-state index contributed by atoms with van der Waals surface area (Å²) in [4.78, 5) is 37.9. The molecule has 3 aromatic rings. The third-order valence-electron chi connectivity index (χ3n) is 4.74. The van der Waals surface area contributed by atoms with Gasteiger partial charge in [-0.2, -0.15) is 0 Å². The van der Waals surface area contributed by atoms with Gasteiger partial charge in [0.2, 0.25) is 5.91 Å². The van der Waals surface area contributed by atoms with Gasteiger partial charge in [0.25, 0.3) is 0 Å². The van der Waals surface area contributed by atoms with Crippen LogP contribution in [0.4, 0.5) is 5.69 Å². The summed E-state index contributed by atoms with van der Waals surface area (Å²) in [6.07, 6.45) is 2.68. The van der Waals surface area contributed by atoms with Crippen LogP contribution in [0.25, 0.3) is 11.4 Å². The van der Waals surface area contributed by atoms with Gasteiger partial charge in [-0.25, -0.2) is 9.59 Å². The van der Waals surface area contributed by atoms with Gasteiger partial charge in [0, 0.05) is 22.4 Å². The van der Waals surface area contributed by atoms with Gasteiger partial charge in [-0.15, -0.1) is 28.1 Å². The molecule has 0 fully saturated rings. The van der Waals surface area contributed by atoms with E-state index in [1.807, 2.05) is 9.95 Å². The molecule has 1 N–H and O–H groups in total. The maximum absolute atomic E-state index is 12.7. The normalized spacial score (nSPS) is 10.6. The number of carbonyl (C=O) groups is 3. The van der Waals surface area contributed by atoms with Gasteiger partial charge in [-0.3, -0.25) is 9.36 Å². The molecule has 0 radical (unpaired) electrons. The molecule has 11 heteroatoms. The van der Waals surface area contributed by atoms with Crippen molar-refractivity contribution in [3.05, 3.63) is 58.3 Å². The number of thiophene rings is 1. The molecule has 0 atom stereocenters.